The summed E-state index contributed by atoms with van der Waals surface area (Å²) < 4.78 is 78.1. The van der Waals surface area contributed by atoms with E-state index in [-0.39, 0.29) is 5.69 Å². The average molecular weight is 404 g/mol. The van der Waals surface area contributed by atoms with Gasteiger partial charge in [-0.25, -0.2) is 4.68 Å². The number of nitrogens with two attached hydrogens (primary N) is 1. The Morgan fingerprint density at radius 3 is 1.92 bits per heavy atom. The number of halogens is 8. The number of aromatic nitrogens is 2. The zero-order chi connectivity index (χ0) is 18.8. The SMILES string of the molecule is Nc1c(C2(C(F)(F)F)N=N2)cnn1-c1c(Cl)cc(C(F)(F)F)cc1Cl. The van der Waals surface area contributed by atoms with Gasteiger partial charge in [-0.3, -0.25) is 0 Å². The molecule has 25 heavy (non-hydrogen) atoms. The number of anilines is 1. The summed E-state index contributed by atoms with van der Waals surface area (Å²) in [5.74, 6) is -0.550. The smallest absolute Gasteiger partial charge is 0.383 e. The monoisotopic (exact) mass is 403 g/mol. The lowest BCUT2D eigenvalue weighted by molar-refractivity contribution is -0.166. The summed E-state index contributed by atoms with van der Waals surface area (Å²) in [7, 11) is 0. The summed E-state index contributed by atoms with van der Waals surface area (Å²) in [6.45, 7) is 0. The fraction of sp³-hybridized carbons (Fsp3) is 0.250. The summed E-state index contributed by atoms with van der Waals surface area (Å²) in [6, 6.07) is 1.13. The van der Waals surface area contributed by atoms with E-state index < -0.39 is 45.0 Å². The normalized spacial score (nSPS) is 16.3. The molecule has 0 amide bonds. The van der Waals surface area contributed by atoms with Crippen molar-refractivity contribution in [2.75, 3.05) is 5.73 Å². The fourth-order valence-corrected chi connectivity index (χ4v) is 2.81. The number of rotatable bonds is 2. The van der Waals surface area contributed by atoms with Gasteiger partial charge in [0.05, 0.1) is 27.4 Å². The van der Waals surface area contributed by atoms with Gasteiger partial charge in [0, 0.05) is 0 Å². The third-order valence-electron chi connectivity index (χ3n) is 3.43. The third-order valence-corrected chi connectivity index (χ3v) is 4.01. The van der Waals surface area contributed by atoms with Crippen molar-refractivity contribution in [1.82, 2.24) is 9.78 Å². The Morgan fingerprint density at radius 2 is 1.52 bits per heavy atom. The van der Waals surface area contributed by atoms with Crippen molar-refractivity contribution in [2.24, 2.45) is 10.2 Å². The van der Waals surface area contributed by atoms with E-state index in [0.29, 0.717) is 16.8 Å². The Labute approximate surface area is 145 Å². The summed E-state index contributed by atoms with van der Waals surface area (Å²) >= 11 is 11.6. The zero-order valence-electron chi connectivity index (χ0n) is 11.6. The first-order valence-electron chi connectivity index (χ1n) is 6.30. The van der Waals surface area contributed by atoms with Crippen LogP contribution in [0, 0.1) is 0 Å². The van der Waals surface area contributed by atoms with E-state index in [1.54, 1.807) is 0 Å². The van der Waals surface area contributed by atoms with Crippen molar-refractivity contribution in [3.63, 3.8) is 0 Å². The van der Waals surface area contributed by atoms with Crippen molar-refractivity contribution in [1.29, 1.82) is 0 Å². The van der Waals surface area contributed by atoms with Crippen LogP contribution in [0.15, 0.2) is 28.6 Å². The minimum atomic E-state index is -4.84. The summed E-state index contributed by atoms with van der Waals surface area (Å²) in [6.07, 6.45) is -8.80. The lowest BCUT2D eigenvalue weighted by atomic mass is 10.1. The number of nitrogens with zero attached hydrogens (tertiary/aromatic N) is 4. The highest BCUT2D eigenvalue weighted by atomic mass is 35.5. The number of hydrogen-bond acceptors (Lipinski definition) is 4. The highest BCUT2D eigenvalue weighted by Crippen LogP contribution is 2.54. The van der Waals surface area contributed by atoms with Gasteiger partial charge in [0.15, 0.2) is 0 Å². The van der Waals surface area contributed by atoms with Crippen LogP contribution in [-0.4, -0.2) is 16.0 Å². The summed E-state index contributed by atoms with van der Waals surface area (Å²) in [5, 5.41) is 8.63. The van der Waals surface area contributed by atoms with E-state index in [2.05, 4.69) is 15.3 Å². The first-order valence-corrected chi connectivity index (χ1v) is 7.05. The lowest BCUT2D eigenvalue weighted by Crippen LogP contribution is -2.30. The quantitative estimate of drug-likeness (QED) is 0.719. The third kappa shape index (κ3) is 2.71. The molecule has 0 spiro atoms. The molecular formula is C12H5Cl2F6N5. The Hall–Kier alpha value is -2.01. The zero-order valence-corrected chi connectivity index (χ0v) is 13.1. The molecule has 0 bridgehead atoms. The molecule has 1 aromatic carbocycles. The minimum Gasteiger partial charge on any atom is -0.383 e. The maximum atomic E-state index is 13.1. The maximum absolute atomic E-state index is 13.1. The van der Waals surface area contributed by atoms with E-state index in [1.807, 2.05) is 0 Å². The van der Waals surface area contributed by atoms with E-state index in [1.165, 1.54) is 0 Å². The Morgan fingerprint density at radius 1 is 1.00 bits per heavy atom. The summed E-state index contributed by atoms with van der Waals surface area (Å²) in [4.78, 5) is 0. The molecule has 0 saturated carbocycles. The molecule has 2 N–H and O–H groups in total. The Balaban J connectivity index is 2.11. The molecular weight excluding hydrogens is 399 g/mol. The second kappa shape index (κ2) is 5.24. The van der Waals surface area contributed by atoms with Crippen LogP contribution in [0.3, 0.4) is 0 Å². The highest BCUT2D eigenvalue weighted by molar-refractivity contribution is 6.38. The Bertz CT molecular complexity index is 856. The van der Waals surface area contributed by atoms with Crippen LogP contribution in [0.2, 0.25) is 10.0 Å². The molecule has 0 radical (unpaired) electrons. The number of benzene rings is 1. The molecule has 0 atom stereocenters. The van der Waals surface area contributed by atoms with Crippen molar-refractivity contribution in [3.8, 4) is 5.69 Å². The standard InChI is InChI=1S/C12H5Cl2F6N5/c13-6-1-4(11(15,16)17)2-7(14)8(6)25-9(21)5(3-22-25)10(23-24-10)12(18,19)20/h1-3H,21H2. The predicted octanol–water partition coefficient (Wildman–Crippen LogP) is 4.96. The van der Waals surface area contributed by atoms with E-state index in [9.17, 15) is 26.3 Å². The van der Waals surface area contributed by atoms with Gasteiger partial charge in [-0.05, 0) is 12.1 Å². The van der Waals surface area contributed by atoms with Crippen molar-refractivity contribution in [2.45, 2.75) is 18.0 Å². The topological polar surface area (TPSA) is 68.6 Å². The lowest BCUT2D eigenvalue weighted by Gasteiger charge is -2.15. The van der Waals surface area contributed by atoms with Gasteiger partial charge in [-0.1, -0.05) is 23.2 Å². The predicted molar refractivity (Wildman–Crippen MR) is 75.6 cm³/mol. The molecule has 1 aliphatic heterocycles. The molecule has 0 saturated heterocycles. The van der Waals surface area contributed by atoms with Crippen molar-refractivity contribution >= 4 is 29.0 Å². The number of alkyl halides is 6. The maximum Gasteiger partial charge on any atom is 0.442 e. The number of nitrogen functional groups attached to an aromatic ring is 1. The van der Waals surface area contributed by atoms with Crippen LogP contribution in [0.25, 0.3) is 5.69 Å². The molecule has 0 aliphatic carbocycles. The molecule has 134 valence electrons. The van der Waals surface area contributed by atoms with Gasteiger partial charge >= 0.3 is 18.0 Å². The van der Waals surface area contributed by atoms with E-state index >= 15 is 0 Å². The molecule has 1 aromatic heterocycles. The Kier molecular flexibility index (Phi) is 3.73. The molecule has 2 aromatic rings. The molecule has 1 aliphatic rings. The molecule has 0 unspecified atom stereocenters. The molecule has 2 heterocycles. The second-order valence-electron chi connectivity index (χ2n) is 5.01. The van der Waals surface area contributed by atoms with Gasteiger partial charge in [-0.2, -0.15) is 31.4 Å². The fourth-order valence-electron chi connectivity index (χ4n) is 2.16. The van der Waals surface area contributed by atoms with Crippen LogP contribution in [0.5, 0.6) is 0 Å². The van der Waals surface area contributed by atoms with Gasteiger partial charge in [0.2, 0.25) is 0 Å². The van der Waals surface area contributed by atoms with Gasteiger partial charge in [0.25, 0.3) is 0 Å². The van der Waals surface area contributed by atoms with E-state index in [0.717, 1.165) is 6.20 Å². The molecule has 0 fully saturated rings. The second-order valence-corrected chi connectivity index (χ2v) is 5.83. The first kappa shape index (κ1) is 17.8. The van der Waals surface area contributed by atoms with Gasteiger partial charge in [0.1, 0.15) is 11.5 Å². The van der Waals surface area contributed by atoms with Crippen LogP contribution >= 0.6 is 23.2 Å². The van der Waals surface area contributed by atoms with Crippen LogP contribution in [0.4, 0.5) is 32.2 Å². The largest absolute Gasteiger partial charge is 0.442 e. The van der Waals surface area contributed by atoms with Gasteiger partial charge < -0.3 is 5.73 Å². The minimum absolute atomic E-state index is 0.293. The van der Waals surface area contributed by atoms with Crippen LogP contribution in [0.1, 0.15) is 11.1 Å². The average Bonchev–Trinajstić information content (AvgIpc) is 3.18. The molecule has 13 heteroatoms. The van der Waals surface area contributed by atoms with Crippen molar-refractivity contribution < 1.29 is 26.3 Å². The highest BCUT2D eigenvalue weighted by Gasteiger charge is 2.66. The van der Waals surface area contributed by atoms with Crippen LogP contribution < -0.4 is 5.73 Å². The molecule has 5 nitrogen and oxygen atoms in total. The van der Waals surface area contributed by atoms with E-state index in [4.69, 9.17) is 28.9 Å². The molecule has 3 rings (SSSR count). The van der Waals surface area contributed by atoms with Crippen LogP contribution in [-0.2, 0) is 11.8 Å². The summed E-state index contributed by atoms with van der Waals surface area (Å²) in [5.41, 5.74) is 0.829. The first-order chi connectivity index (χ1) is 11.4. The number of hydrogen-bond donors (Lipinski definition) is 1. The van der Waals surface area contributed by atoms with Crippen molar-refractivity contribution in [3.05, 3.63) is 39.5 Å². The van der Waals surface area contributed by atoms with Gasteiger partial charge in [-0.15, -0.1) is 10.2 Å².